The van der Waals surface area contributed by atoms with E-state index in [0.29, 0.717) is 17.1 Å². The second kappa shape index (κ2) is 9.17. The maximum absolute atomic E-state index is 12.7. The van der Waals surface area contributed by atoms with E-state index in [1.54, 1.807) is 29.4 Å². The van der Waals surface area contributed by atoms with E-state index in [2.05, 4.69) is 29.1 Å². The van der Waals surface area contributed by atoms with Crippen LogP contribution in [0.1, 0.15) is 48.3 Å². The van der Waals surface area contributed by atoms with Gasteiger partial charge in [-0.25, -0.2) is 0 Å². The van der Waals surface area contributed by atoms with Crippen LogP contribution in [-0.2, 0) is 29.5 Å². The summed E-state index contributed by atoms with van der Waals surface area (Å²) in [5.74, 6) is -0.774. The molecule has 0 N–H and O–H groups in total. The number of hydrogen-bond acceptors (Lipinski definition) is 5. The first kappa shape index (κ1) is 21.0. The van der Waals surface area contributed by atoms with Crippen LogP contribution in [0, 0.1) is 6.92 Å². The first-order chi connectivity index (χ1) is 13.9. The maximum atomic E-state index is 12.7. The topological polar surface area (TPSA) is 78.5 Å². The zero-order valence-electron chi connectivity index (χ0n) is 17.3. The van der Waals surface area contributed by atoms with Gasteiger partial charge in [-0.2, -0.15) is 10.1 Å². The van der Waals surface area contributed by atoms with Crippen LogP contribution < -0.4 is 4.80 Å². The summed E-state index contributed by atoms with van der Waals surface area (Å²) < 4.78 is 9.44. The van der Waals surface area contributed by atoms with E-state index in [0.717, 1.165) is 35.0 Å². The van der Waals surface area contributed by atoms with Crippen molar-refractivity contribution in [1.82, 2.24) is 14.3 Å². The van der Waals surface area contributed by atoms with E-state index in [9.17, 15) is 9.59 Å². The van der Waals surface area contributed by atoms with Crippen LogP contribution in [-0.4, -0.2) is 32.8 Å². The number of fused-ring (bicyclic) bond motifs is 1. The molecule has 2 aromatic heterocycles. The number of ether oxygens (including phenoxy) is 1. The molecule has 0 atom stereocenters. The smallest absolute Gasteiger partial charge is 0.326 e. The fourth-order valence-electron chi connectivity index (χ4n) is 3.19. The third-order valence-electron chi connectivity index (χ3n) is 4.57. The summed E-state index contributed by atoms with van der Waals surface area (Å²) in [4.78, 5) is 29.7. The molecule has 0 aliphatic carbocycles. The summed E-state index contributed by atoms with van der Waals surface area (Å²) in [7, 11) is 1.77. The second-order valence-corrected chi connectivity index (χ2v) is 7.94. The van der Waals surface area contributed by atoms with Gasteiger partial charge in [0.2, 0.25) is 0 Å². The predicted octanol–water partition coefficient (Wildman–Crippen LogP) is 3.39. The number of thiazole rings is 1. The monoisotopic (exact) mass is 414 g/mol. The lowest BCUT2D eigenvalue weighted by molar-refractivity contribution is -0.143. The molecule has 1 amide bonds. The Bertz CT molecular complexity index is 1110. The Kier molecular flexibility index (Phi) is 6.64. The molecule has 0 aliphatic rings. The number of aromatic nitrogens is 3. The van der Waals surface area contributed by atoms with Crippen molar-refractivity contribution in [2.45, 2.75) is 46.6 Å². The van der Waals surface area contributed by atoms with Crippen LogP contribution in [0.4, 0.5) is 0 Å². The van der Waals surface area contributed by atoms with Gasteiger partial charge in [0.15, 0.2) is 10.5 Å². The van der Waals surface area contributed by atoms with Crippen LogP contribution in [0.3, 0.4) is 0 Å². The largest absolute Gasteiger partial charge is 0.465 e. The molecule has 3 rings (SSSR count). The molecular formula is C21H26N4O3S. The fraction of sp³-hybridized carbons (Fsp3) is 0.429. The van der Waals surface area contributed by atoms with E-state index < -0.39 is 5.91 Å². The zero-order valence-corrected chi connectivity index (χ0v) is 18.1. The van der Waals surface area contributed by atoms with Gasteiger partial charge in [-0.05, 0) is 44.4 Å². The van der Waals surface area contributed by atoms with Crippen molar-refractivity contribution in [3.8, 4) is 0 Å². The highest BCUT2D eigenvalue weighted by atomic mass is 32.1. The average molecular weight is 415 g/mol. The molecule has 154 valence electrons. The van der Waals surface area contributed by atoms with Gasteiger partial charge in [0.1, 0.15) is 6.54 Å². The summed E-state index contributed by atoms with van der Waals surface area (Å²) in [6.45, 7) is 6.08. The quantitative estimate of drug-likeness (QED) is 0.555. The minimum absolute atomic E-state index is 0.00939. The zero-order chi connectivity index (χ0) is 21.0. The molecule has 0 spiro atoms. The normalized spacial score (nSPS) is 11.9. The fourth-order valence-corrected chi connectivity index (χ4v) is 4.28. The SMILES string of the molecule is CCCCc1ccc2c(c1)sc(=NC(=O)c1nn(C)cc1C)n2CC(=O)OCC. The third kappa shape index (κ3) is 4.82. The molecule has 3 aromatic rings. The molecule has 8 heteroatoms. The molecule has 7 nitrogen and oxygen atoms in total. The number of rotatable bonds is 7. The van der Waals surface area contributed by atoms with Crippen molar-refractivity contribution in [2.24, 2.45) is 12.0 Å². The molecule has 0 fully saturated rings. The lowest BCUT2D eigenvalue weighted by Gasteiger charge is -2.06. The first-order valence-electron chi connectivity index (χ1n) is 9.80. The van der Waals surface area contributed by atoms with Crippen LogP contribution in [0.2, 0.25) is 0 Å². The second-order valence-electron chi connectivity index (χ2n) is 6.93. The van der Waals surface area contributed by atoms with Crippen molar-refractivity contribution >= 4 is 33.4 Å². The van der Waals surface area contributed by atoms with E-state index in [-0.39, 0.29) is 12.5 Å². The van der Waals surface area contributed by atoms with Gasteiger partial charge >= 0.3 is 5.97 Å². The highest BCUT2D eigenvalue weighted by Gasteiger charge is 2.16. The molecule has 0 saturated heterocycles. The Morgan fingerprint density at radius 3 is 2.72 bits per heavy atom. The van der Waals surface area contributed by atoms with Gasteiger partial charge in [-0.15, -0.1) is 0 Å². The van der Waals surface area contributed by atoms with E-state index in [4.69, 9.17) is 4.74 Å². The van der Waals surface area contributed by atoms with E-state index in [1.165, 1.54) is 16.9 Å². The molecule has 0 bridgehead atoms. The number of esters is 1. The van der Waals surface area contributed by atoms with Crippen molar-refractivity contribution in [3.63, 3.8) is 0 Å². The average Bonchev–Trinajstić information content (AvgIpc) is 3.19. The number of hydrogen-bond donors (Lipinski definition) is 0. The summed E-state index contributed by atoms with van der Waals surface area (Å²) in [6, 6.07) is 6.18. The molecule has 0 saturated carbocycles. The predicted molar refractivity (Wildman–Crippen MR) is 113 cm³/mol. The Balaban J connectivity index is 2.08. The van der Waals surface area contributed by atoms with Gasteiger partial charge in [0, 0.05) is 18.8 Å². The molecule has 29 heavy (non-hydrogen) atoms. The van der Waals surface area contributed by atoms with E-state index in [1.807, 2.05) is 13.0 Å². The Morgan fingerprint density at radius 1 is 1.28 bits per heavy atom. The third-order valence-corrected chi connectivity index (χ3v) is 5.61. The molecule has 0 unspecified atom stereocenters. The van der Waals surface area contributed by atoms with Crippen LogP contribution >= 0.6 is 11.3 Å². The first-order valence-corrected chi connectivity index (χ1v) is 10.6. The highest BCUT2D eigenvalue weighted by molar-refractivity contribution is 7.16. The van der Waals surface area contributed by atoms with Gasteiger partial charge in [-0.3, -0.25) is 14.3 Å². The molecule has 2 heterocycles. The lowest BCUT2D eigenvalue weighted by Crippen LogP contribution is -2.23. The van der Waals surface area contributed by atoms with Crippen molar-refractivity contribution < 1.29 is 14.3 Å². The number of amides is 1. The lowest BCUT2D eigenvalue weighted by atomic mass is 10.1. The highest BCUT2D eigenvalue weighted by Crippen LogP contribution is 2.21. The molecule has 0 aliphatic heterocycles. The van der Waals surface area contributed by atoms with Crippen LogP contribution in [0.5, 0.6) is 0 Å². The van der Waals surface area contributed by atoms with Gasteiger partial charge in [0.05, 0.1) is 16.8 Å². The van der Waals surface area contributed by atoms with Gasteiger partial charge in [-0.1, -0.05) is 30.7 Å². The summed E-state index contributed by atoms with van der Waals surface area (Å²) in [6.07, 6.45) is 5.03. The molecule has 1 aromatic carbocycles. The summed E-state index contributed by atoms with van der Waals surface area (Å²) in [5, 5.41) is 4.21. The van der Waals surface area contributed by atoms with Gasteiger partial charge in [0.25, 0.3) is 5.91 Å². The standard InChI is InChI=1S/C21H26N4O3S/c1-5-7-8-15-9-10-16-17(11-15)29-21(25(16)13-18(26)28-6-2)22-20(27)19-14(3)12-24(4)23-19/h9-12H,5-8,13H2,1-4H3. The van der Waals surface area contributed by atoms with Crippen molar-refractivity contribution in [3.05, 3.63) is 46.0 Å². The minimum atomic E-state index is -0.418. The molecular weight excluding hydrogens is 388 g/mol. The number of carbonyl (C=O) groups is 2. The maximum Gasteiger partial charge on any atom is 0.326 e. The number of unbranched alkanes of at least 4 members (excludes halogenated alkanes) is 1. The number of benzene rings is 1. The van der Waals surface area contributed by atoms with E-state index >= 15 is 0 Å². The molecule has 0 radical (unpaired) electrons. The number of aryl methyl sites for hydroxylation is 3. The van der Waals surface area contributed by atoms with Crippen LogP contribution in [0.25, 0.3) is 10.2 Å². The summed E-state index contributed by atoms with van der Waals surface area (Å²) in [5.41, 5.74) is 3.19. The Morgan fingerprint density at radius 2 is 2.07 bits per heavy atom. The van der Waals surface area contributed by atoms with Gasteiger partial charge < -0.3 is 9.30 Å². The Hall–Kier alpha value is -2.74. The van der Waals surface area contributed by atoms with Crippen molar-refractivity contribution in [1.29, 1.82) is 0 Å². The summed E-state index contributed by atoms with van der Waals surface area (Å²) >= 11 is 1.40. The number of nitrogens with zero attached hydrogens (tertiary/aromatic N) is 4. The van der Waals surface area contributed by atoms with Crippen LogP contribution in [0.15, 0.2) is 29.4 Å². The van der Waals surface area contributed by atoms with Crippen molar-refractivity contribution in [2.75, 3.05) is 6.61 Å². The Labute approximate surface area is 173 Å². The number of carbonyl (C=O) groups excluding carboxylic acids is 2. The minimum Gasteiger partial charge on any atom is -0.465 e.